The van der Waals surface area contributed by atoms with E-state index in [9.17, 15) is 10.5 Å². The first-order valence-corrected chi connectivity index (χ1v) is 18.3. The summed E-state index contributed by atoms with van der Waals surface area (Å²) in [5.41, 5.74) is 12.4. The van der Waals surface area contributed by atoms with E-state index in [0.29, 0.717) is 11.1 Å². The van der Waals surface area contributed by atoms with E-state index in [2.05, 4.69) is 159 Å². The number of para-hydroxylation sites is 5. The number of nitriles is 2. The number of fused-ring (bicyclic) bond motifs is 9. The molecule has 3 heterocycles. The molecule has 0 unspecified atom stereocenters. The monoisotopic (exact) mass is 699 g/mol. The summed E-state index contributed by atoms with van der Waals surface area (Å²) in [5, 5.41) is 27.5. The van der Waals surface area contributed by atoms with E-state index in [1.807, 2.05) is 42.5 Å². The van der Waals surface area contributed by atoms with Gasteiger partial charge in [0.05, 0.1) is 50.3 Å². The van der Waals surface area contributed by atoms with Crippen LogP contribution in [-0.2, 0) is 0 Å². The second-order valence-electron chi connectivity index (χ2n) is 14.0. The molecule has 0 saturated heterocycles. The molecule has 0 aliphatic carbocycles. The third-order valence-corrected chi connectivity index (χ3v) is 11.1. The Labute approximate surface area is 316 Å². The summed E-state index contributed by atoms with van der Waals surface area (Å²) in [5.74, 6) is 0. The Morgan fingerprint density at radius 3 is 1.38 bits per heavy atom. The molecule has 0 spiro atoms. The summed E-state index contributed by atoms with van der Waals surface area (Å²) in [6.07, 6.45) is 0. The molecule has 0 radical (unpaired) electrons. The van der Waals surface area contributed by atoms with Gasteiger partial charge >= 0.3 is 0 Å². The standard InChI is InChI=1S/C50H29N5/c51-30-33-10-9-15-44-42-14-4-8-19-48(42)55(50(33)44)36-24-26-38(34(28-36)31-52)32-20-22-35(23-21-32)53-45-16-5-3-13-41(45)43-27-25-37(29-49(43)53)54-46-17-6-1-11-39(46)40-12-2-7-18-47(40)54/h1-29H. The van der Waals surface area contributed by atoms with Gasteiger partial charge in [-0.1, -0.05) is 109 Å². The topological polar surface area (TPSA) is 62.4 Å². The Bertz CT molecular complexity index is 3400. The van der Waals surface area contributed by atoms with Crippen molar-refractivity contribution in [2.24, 2.45) is 0 Å². The molecule has 5 heteroatoms. The highest BCUT2D eigenvalue weighted by molar-refractivity contribution is 6.13. The van der Waals surface area contributed by atoms with Crippen molar-refractivity contribution in [2.45, 2.75) is 0 Å². The van der Waals surface area contributed by atoms with E-state index < -0.39 is 0 Å². The van der Waals surface area contributed by atoms with E-state index in [1.165, 1.54) is 32.6 Å². The molecule has 0 amide bonds. The highest BCUT2D eigenvalue weighted by Gasteiger charge is 2.19. The summed E-state index contributed by atoms with van der Waals surface area (Å²) in [4.78, 5) is 0. The normalized spacial score (nSPS) is 11.6. The molecule has 0 N–H and O–H groups in total. The van der Waals surface area contributed by atoms with Gasteiger partial charge < -0.3 is 13.7 Å². The van der Waals surface area contributed by atoms with Gasteiger partial charge in [0.2, 0.25) is 0 Å². The number of hydrogen-bond donors (Lipinski definition) is 0. The smallest absolute Gasteiger partial charge is 0.101 e. The lowest BCUT2D eigenvalue weighted by atomic mass is 9.99. The Balaban J connectivity index is 1.05. The minimum Gasteiger partial charge on any atom is -0.309 e. The first-order valence-electron chi connectivity index (χ1n) is 18.3. The molecule has 0 aliphatic heterocycles. The van der Waals surface area contributed by atoms with Gasteiger partial charge in [-0.15, -0.1) is 0 Å². The SMILES string of the molecule is N#Cc1cc(-n2c3ccccc3c3cccc(C#N)c32)ccc1-c1ccc(-n2c3ccccc3c3ccc(-n4c5ccccc5c5ccccc54)cc32)cc1. The van der Waals surface area contributed by atoms with E-state index in [0.717, 1.165) is 61.0 Å². The third kappa shape index (κ3) is 4.45. The lowest BCUT2D eigenvalue weighted by molar-refractivity contribution is 1.15. The van der Waals surface area contributed by atoms with Crippen LogP contribution in [0.4, 0.5) is 0 Å². The van der Waals surface area contributed by atoms with Crippen LogP contribution in [0.1, 0.15) is 11.1 Å². The molecule has 11 aromatic rings. The number of benzene rings is 8. The molecule has 254 valence electrons. The van der Waals surface area contributed by atoms with Gasteiger partial charge in [-0.25, -0.2) is 0 Å². The quantitative estimate of drug-likeness (QED) is 0.184. The van der Waals surface area contributed by atoms with E-state index in [1.54, 1.807) is 0 Å². The lowest BCUT2D eigenvalue weighted by Gasteiger charge is -2.13. The van der Waals surface area contributed by atoms with Gasteiger partial charge in [-0.05, 0) is 77.9 Å². The molecule has 3 aromatic heterocycles. The Kier molecular flexibility index (Phi) is 6.61. The molecule has 55 heavy (non-hydrogen) atoms. The highest BCUT2D eigenvalue weighted by Crippen LogP contribution is 2.39. The van der Waals surface area contributed by atoms with Gasteiger partial charge in [0, 0.05) is 49.4 Å². The summed E-state index contributed by atoms with van der Waals surface area (Å²) in [6, 6.07) is 66.0. The largest absolute Gasteiger partial charge is 0.309 e. The van der Waals surface area contributed by atoms with Crippen molar-refractivity contribution in [3.8, 4) is 40.3 Å². The second kappa shape index (κ2) is 11.8. The summed E-state index contributed by atoms with van der Waals surface area (Å²) in [7, 11) is 0. The molecular weight excluding hydrogens is 671 g/mol. The maximum atomic E-state index is 10.5. The third-order valence-electron chi connectivity index (χ3n) is 11.1. The minimum atomic E-state index is 0.568. The first-order chi connectivity index (χ1) is 27.2. The Morgan fingerprint density at radius 2 is 0.782 bits per heavy atom. The van der Waals surface area contributed by atoms with Crippen LogP contribution in [0.2, 0.25) is 0 Å². The van der Waals surface area contributed by atoms with Crippen molar-refractivity contribution in [3.63, 3.8) is 0 Å². The average Bonchev–Trinajstić information content (AvgIpc) is 3.89. The molecule has 0 fully saturated rings. The number of rotatable bonds is 4. The molecule has 0 atom stereocenters. The van der Waals surface area contributed by atoms with Gasteiger partial charge in [0.15, 0.2) is 0 Å². The zero-order chi connectivity index (χ0) is 36.6. The van der Waals surface area contributed by atoms with Gasteiger partial charge in [-0.2, -0.15) is 10.5 Å². The fraction of sp³-hybridized carbons (Fsp3) is 0. The van der Waals surface area contributed by atoms with Crippen LogP contribution in [0.3, 0.4) is 0 Å². The van der Waals surface area contributed by atoms with Crippen molar-refractivity contribution in [3.05, 3.63) is 187 Å². The van der Waals surface area contributed by atoms with Crippen LogP contribution < -0.4 is 0 Å². The summed E-state index contributed by atoms with van der Waals surface area (Å²) in [6.45, 7) is 0. The summed E-state index contributed by atoms with van der Waals surface area (Å²) < 4.78 is 6.81. The van der Waals surface area contributed by atoms with Crippen LogP contribution in [0.5, 0.6) is 0 Å². The molecule has 8 aromatic carbocycles. The minimum absolute atomic E-state index is 0.568. The maximum absolute atomic E-state index is 10.5. The van der Waals surface area contributed by atoms with Crippen LogP contribution in [-0.4, -0.2) is 13.7 Å². The zero-order valence-electron chi connectivity index (χ0n) is 29.5. The van der Waals surface area contributed by atoms with Crippen LogP contribution in [0.25, 0.3) is 93.6 Å². The molecule has 11 rings (SSSR count). The predicted octanol–water partition coefficient (Wildman–Crippen LogP) is 12.4. The molecule has 0 saturated carbocycles. The van der Waals surface area contributed by atoms with Crippen molar-refractivity contribution < 1.29 is 0 Å². The lowest BCUT2D eigenvalue weighted by Crippen LogP contribution is -1.98. The van der Waals surface area contributed by atoms with Gasteiger partial charge in [0.1, 0.15) is 6.07 Å². The summed E-state index contributed by atoms with van der Waals surface area (Å²) >= 11 is 0. The van der Waals surface area contributed by atoms with Crippen LogP contribution in [0.15, 0.2) is 176 Å². The molecule has 0 bridgehead atoms. The highest BCUT2D eigenvalue weighted by atomic mass is 15.0. The number of nitrogens with zero attached hydrogens (tertiary/aromatic N) is 5. The molecule has 0 aliphatic rings. The zero-order valence-corrected chi connectivity index (χ0v) is 29.5. The number of aromatic nitrogens is 3. The van der Waals surface area contributed by atoms with Crippen molar-refractivity contribution >= 4 is 65.4 Å². The average molecular weight is 700 g/mol. The van der Waals surface area contributed by atoms with Crippen molar-refractivity contribution in [1.29, 1.82) is 10.5 Å². The van der Waals surface area contributed by atoms with Crippen molar-refractivity contribution in [2.75, 3.05) is 0 Å². The van der Waals surface area contributed by atoms with E-state index in [-0.39, 0.29) is 0 Å². The van der Waals surface area contributed by atoms with Crippen LogP contribution in [0, 0.1) is 22.7 Å². The first kappa shape index (κ1) is 30.7. The molecule has 5 nitrogen and oxygen atoms in total. The van der Waals surface area contributed by atoms with E-state index >= 15 is 0 Å². The Hall–Kier alpha value is -7.86. The predicted molar refractivity (Wildman–Crippen MR) is 224 cm³/mol. The fourth-order valence-electron chi connectivity index (χ4n) is 8.76. The second-order valence-corrected chi connectivity index (χ2v) is 14.0. The number of hydrogen-bond acceptors (Lipinski definition) is 2. The molecular formula is C50H29N5. The van der Waals surface area contributed by atoms with Crippen molar-refractivity contribution in [1.82, 2.24) is 13.7 Å². The fourth-order valence-corrected chi connectivity index (χ4v) is 8.76. The Morgan fingerprint density at radius 1 is 0.327 bits per heavy atom. The van der Waals surface area contributed by atoms with Crippen LogP contribution >= 0.6 is 0 Å². The van der Waals surface area contributed by atoms with Gasteiger partial charge in [0.25, 0.3) is 0 Å². The van der Waals surface area contributed by atoms with Gasteiger partial charge in [-0.3, -0.25) is 0 Å². The van der Waals surface area contributed by atoms with E-state index in [4.69, 9.17) is 0 Å². The maximum Gasteiger partial charge on any atom is 0.101 e.